The fraction of sp³-hybridized carbons (Fsp3) is 0.312. The predicted octanol–water partition coefficient (Wildman–Crippen LogP) is 2.98. The summed E-state index contributed by atoms with van der Waals surface area (Å²) < 4.78 is 6.50. The van der Waals surface area contributed by atoms with Crippen LogP contribution in [0, 0.1) is 13.8 Å². The van der Waals surface area contributed by atoms with Gasteiger partial charge < -0.3 is 4.74 Å². The number of hydrogen-bond donors (Lipinski definition) is 0. The fourth-order valence-electron chi connectivity index (χ4n) is 1.77. The summed E-state index contributed by atoms with van der Waals surface area (Å²) in [6.45, 7) is 7.73. The van der Waals surface area contributed by atoms with Gasteiger partial charge in [-0.15, -0.1) is 5.10 Å². The topological polar surface area (TPSA) is 57.0 Å². The van der Waals surface area contributed by atoms with Gasteiger partial charge in [-0.2, -0.15) is 0 Å². The van der Waals surface area contributed by atoms with E-state index in [9.17, 15) is 4.79 Å². The van der Waals surface area contributed by atoms with Crippen LogP contribution < -0.4 is 0 Å². The molecule has 0 aliphatic heterocycles. The Bertz CT molecular complexity index is 672. The molecule has 21 heavy (non-hydrogen) atoms. The molecule has 5 nitrogen and oxygen atoms in total. The molecule has 2 aromatic rings. The van der Waals surface area contributed by atoms with Crippen LogP contribution in [-0.2, 0) is 9.53 Å². The van der Waals surface area contributed by atoms with E-state index in [4.69, 9.17) is 4.74 Å². The number of hydrogen-bond acceptors (Lipinski definition) is 4. The van der Waals surface area contributed by atoms with Crippen molar-refractivity contribution in [3.63, 3.8) is 0 Å². The number of ether oxygens (including phenoxy) is 1. The van der Waals surface area contributed by atoms with Crippen molar-refractivity contribution in [1.82, 2.24) is 14.8 Å². The van der Waals surface area contributed by atoms with Crippen molar-refractivity contribution >= 4 is 12.2 Å². The van der Waals surface area contributed by atoms with Crippen molar-refractivity contribution in [2.75, 3.05) is 0 Å². The lowest BCUT2D eigenvalue weighted by Crippen LogP contribution is -2.08. The number of aromatic nitrogens is 3. The Balaban J connectivity index is 2.12. The lowest BCUT2D eigenvalue weighted by atomic mass is 10.1. The van der Waals surface area contributed by atoms with E-state index < -0.39 is 5.97 Å². The highest BCUT2D eigenvalue weighted by Gasteiger charge is 2.05. The molecule has 1 aromatic carbocycles. The van der Waals surface area contributed by atoms with Crippen molar-refractivity contribution < 1.29 is 9.53 Å². The fourth-order valence-corrected chi connectivity index (χ4v) is 1.77. The summed E-state index contributed by atoms with van der Waals surface area (Å²) in [5.41, 5.74) is 3.38. The molecule has 0 aliphatic rings. The second kappa shape index (κ2) is 6.35. The van der Waals surface area contributed by atoms with E-state index in [1.807, 2.05) is 18.2 Å². The molecule has 0 spiro atoms. The van der Waals surface area contributed by atoms with E-state index in [1.54, 1.807) is 20.2 Å². The van der Waals surface area contributed by atoms with Crippen LogP contribution in [0.25, 0.3) is 17.6 Å². The van der Waals surface area contributed by atoms with Crippen LogP contribution in [0.3, 0.4) is 0 Å². The number of esters is 1. The second-order valence-corrected chi connectivity index (χ2v) is 5.15. The average molecular weight is 285 g/mol. The first-order valence-electron chi connectivity index (χ1n) is 6.83. The van der Waals surface area contributed by atoms with Crippen LogP contribution in [0.2, 0.25) is 0 Å². The molecule has 1 heterocycles. The predicted molar refractivity (Wildman–Crippen MR) is 81.5 cm³/mol. The standard InChI is InChI=1S/C16H19N3O2/c1-11(2)21-15(20)7-8-19-10-17-16(18-19)14-6-5-12(3)13(4)9-14/h5-11H,1-4H3/b8-7-. The number of carbonyl (C=O) groups is 1. The molecule has 0 saturated carbocycles. The molecule has 1 aromatic heterocycles. The minimum absolute atomic E-state index is 0.135. The van der Waals surface area contributed by atoms with Crippen LogP contribution in [0.15, 0.2) is 30.6 Å². The van der Waals surface area contributed by atoms with Crippen LogP contribution in [0.4, 0.5) is 0 Å². The van der Waals surface area contributed by atoms with E-state index in [1.165, 1.54) is 28.1 Å². The number of rotatable bonds is 4. The zero-order valence-corrected chi connectivity index (χ0v) is 12.7. The van der Waals surface area contributed by atoms with Gasteiger partial charge in [0.2, 0.25) is 0 Å². The van der Waals surface area contributed by atoms with Gasteiger partial charge in [-0.25, -0.2) is 14.5 Å². The van der Waals surface area contributed by atoms with Crippen molar-refractivity contribution in [2.45, 2.75) is 33.8 Å². The molecule has 2 rings (SSSR count). The van der Waals surface area contributed by atoms with Gasteiger partial charge in [0.05, 0.1) is 6.10 Å². The Hall–Kier alpha value is -2.43. The summed E-state index contributed by atoms with van der Waals surface area (Å²) in [7, 11) is 0. The van der Waals surface area contributed by atoms with Crippen LogP contribution in [-0.4, -0.2) is 26.8 Å². The number of carbonyl (C=O) groups excluding carboxylic acids is 1. The highest BCUT2D eigenvalue weighted by Crippen LogP contribution is 2.18. The molecule has 0 bridgehead atoms. The maximum atomic E-state index is 11.4. The van der Waals surface area contributed by atoms with Crippen LogP contribution in [0.5, 0.6) is 0 Å². The summed E-state index contributed by atoms with van der Waals surface area (Å²) in [5, 5.41) is 4.31. The minimum Gasteiger partial charge on any atom is -0.460 e. The molecule has 0 aliphatic carbocycles. The first-order valence-corrected chi connectivity index (χ1v) is 6.83. The molecule has 0 radical (unpaired) electrons. The van der Waals surface area contributed by atoms with Gasteiger partial charge in [-0.05, 0) is 44.9 Å². The molecular weight excluding hydrogens is 266 g/mol. The summed E-state index contributed by atoms with van der Waals surface area (Å²) in [6.07, 6.45) is 4.29. The van der Waals surface area contributed by atoms with E-state index in [2.05, 4.69) is 23.9 Å². The lowest BCUT2D eigenvalue weighted by Gasteiger charge is -2.03. The van der Waals surface area contributed by atoms with E-state index in [0.717, 1.165) is 5.56 Å². The van der Waals surface area contributed by atoms with Crippen LogP contribution in [0.1, 0.15) is 25.0 Å². The van der Waals surface area contributed by atoms with E-state index >= 15 is 0 Å². The second-order valence-electron chi connectivity index (χ2n) is 5.15. The van der Waals surface area contributed by atoms with Crippen molar-refractivity contribution in [3.8, 4) is 11.4 Å². The molecule has 0 amide bonds. The first kappa shape index (κ1) is 15.0. The summed E-state index contributed by atoms with van der Waals surface area (Å²) >= 11 is 0. The molecule has 0 saturated heterocycles. The Morgan fingerprint density at radius 1 is 1.29 bits per heavy atom. The van der Waals surface area contributed by atoms with Gasteiger partial charge in [0, 0.05) is 17.8 Å². The monoisotopic (exact) mass is 285 g/mol. The zero-order valence-electron chi connectivity index (χ0n) is 12.7. The normalized spacial score (nSPS) is 11.3. The average Bonchev–Trinajstić information content (AvgIpc) is 2.88. The molecule has 110 valence electrons. The smallest absolute Gasteiger partial charge is 0.332 e. The summed E-state index contributed by atoms with van der Waals surface area (Å²) in [5.74, 6) is 0.230. The Morgan fingerprint density at radius 2 is 2.05 bits per heavy atom. The third kappa shape index (κ3) is 4.02. The van der Waals surface area contributed by atoms with Gasteiger partial charge in [0.15, 0.2) is 5.82 Å². The number of aryl methyl sites for hydroxylation is 2. The largest absolute Gasteiger partial charge is 0.460 e. The number of benzene rings is 1. The van der Waals surface area contributed by atoms with Crippen LogP contribution >= 0.6 is 0 Å². The highest BCUT2D eigenvalue weighted by atomic mass is 16.5. The SMILES string of the molecule is Cc1ccc(-c2ncn(/C=C\C(=O)OC(C)C)n2)cc1C. The Kier molecular flexibility index (Phi) is 4.52. The Morgan fingerprint density at radius 3 is 2.71 bits per heavy atom. The summed E-state index contributed by atoms with van der Waals surface area (Å²) in [6, 6.07) is 6.08. The van der Waals surface area contributed by atoms with Crippen molar-refractivity contribution in [3.05, 3.63) is 41.7 Å². The minimum atomic E-state index is -0.395. The maximum absolute atomic E-state index is 11.4. The van der Waals surface area contributed by atoms with Gasteiger partial charge in [-0.1, -0.05) is 12.1 Å². The molecular formula is C16H19N3O2. The van der Waals surface area contributed by atoms with E-state index in [-0.39, 0.29) is 6.10 Å². The van der Waals surface area contributed by atoms with Gasteiger partial charge in [0.1, 0.15) is 6.33 Å². The maximum Gasteiger partial charge on any atom is 0.332 e. The lowest BCUT2D eigenvalue weighted by molar-refractivity contribution is -0.141. The van der Waals surface area contributed by atoms with Crippen molar-refractivity contribution in [2.24, 2.45) is 0 Å². The molecule has 5 heteroatoms. The third-order valence-corrected chi connectivity index (χ3v) is 2.99. The Labute approximate surface area is 124 Å². The third-order valence-electron chi connectivity index (χ3n) is 2.99. The van der Waals surface area contributed by atoms with Gasteiger partial charge in [0.25, 0.3) is 0 Å². The zero-order chi connectivity index (χ0) is 15.4. The molecule has 0 N–H and O–H groups in total. The molecule has 0 unspecified atom stereocenters. The molecule has 0 atom stereocenters. The van der Waals surface area contributed by atoms with Crippen molar-refractivity contribution in [1.29, 1.82) is 0 Å². The summed E-state index contributed by atoms with van der Waals surface area (Å²) in [4.78, 5) is 15.7. The molecule has 0 fully saturated rings. The first-order chi connectivity index (χ1) is 9.95. The van der Waals surface area contributed by atoms with Gasteiger partial charge in [-0.3, -0.25) is 0 Å². The van der Waals surface area contributed by atoms with Gasteiger partial charge >= 0.3 is 5.97 Å². The quantitative estimate of drug-likeness (QED) is 0.640. The highest BCUT2D eigenvalue weighted by molar-refractivity contribution is 5.85. The number of nitrogens with zero attached hydrogens (tertiary/aromatic N) is 3. The van der Waals surface area contributed by atoms with E-state index in [0.29, 0.717) is 5.82 Å².